The molecule has 0 spiro atoms. The molecule has 2 rings (SSSR count). The van der Waals surface area contributed by atoms with Gasteiger partial charge in [0.2, 0.25) is 0 Å². The molecule has 0 unspecified atom stereocenters. The highest BCUT2D eigenvalue weighted by Gasteiger charge is 2.06. The molecular weight excluding hydrogens is 301 g/mol. The number of H-pyrrole nitrogens is 1. The second-order valence-corrected chi connectivity index (χ2v) is 5.07. The lowest BCUT2D eigenvalue weighted by atomic mass is 10.1. The third-order valence-corrected chi connectivity index (χ3v) is 3.36. The molecule has 0 aliphatic heterocycles. The molecule has 2 aromatic rings. The minimum Gasteiger partial charge on any atom is -0.357 e. The summed E-state index contributed by atoms with van der Waals surface area (Å²) in [5, 5.41) is 0.770. The van der Waals surface area contributed by atoms with Crippen LogP contribution in [0, 0.1) is 3.57 Å². The van der Waals surface area contributed by atoms with Crippen LogP contribution in [-0.4, -0.2) is 4.98 Å². The fourth-order valence-corrected chi connectivity index (χ4v) is 2.20. The number of aromatic amines is 1. The van der Waals surface area contributed by atoms with Gasteiger partial charge in [-0.25, -0.2) is 0 Å². The summed E-state index contributed by atoms with van der Waals surface area (Å²) in [6, 6.07) is 7.47. The molecule has 1 aromatic heterocycles. The molecule has 1 aromatic carbocycles. The first-order valence-electron chi connectivity index (χ1n) is 4.91. The third kappa shape index (κ3) is 1.93. The summed E-state index contributed by atoms with van der Waals surface area (Å²) in [4.78, 5) is 15.2. The highest BCUT2D eigenvalue weighted by atomic mass is 127. The van der Waals surface area contributed by atoms with Gasteiger partial charge in [0.05, 0.1) is 5.52 Å². The zero-order valence-electron chi connectivity index (χ0n) is 8.67. The number of halogens is 1. The molecule has 3 heteroatoms. The van der Waals surface area contributed by atoms with Crippen molar-refractivity contribution in [3.63, 3.8) is 0 Å². The van der Waals surface area contributed by atoms with E-state index < -0.39 is 0 Å². The van der Waals surface area contributed by atoms with Crippen molar-refractivity contribution in [2.24, 2.45) is 0 Å². The topological polar surface area (TPSA) is 32.9 Å². The molecule has 78 valence electrons. The van der Waals surface area contributed by atoms with Crippen molar-refractivity contribution in [3.8, 4) is 0 Å². The smallest absolute Gasteiger partial charge is 0.189 e. The lowest BCUT2D eigenvalue weighted by Crippen LogP contribution is -2.06. The fraction of sp³-hybridized carbons (Fsp3) is 0.250. The first-order chi connectivity index (χ1) is 7.09. The zero-order valence-corrected chi connectivity index (χ0v) is 10.8. The monoisotopic (exact) mass is 313 g/mol. The Hall–Kier alpha value is -0.840. The number of benzene rings is 1. The summed E-state index contributed by atoms with van der Waals surface area (Å²) in [7, 11) is 0. The van der Waals surface area contributed by atoms with Crippen molar-refractivity contribution >= 4 is 33.5 Å². The van der Waals surface area contributed by atoms with Crippen molar-refractivity contribution < 1.29 is 0 Å². The first-order valence-corrected chi connectivity index (χ1v) is 5.99. The number of aromatic nitrogens is 1. The third-order valence-electron chi connectivity index (χ3n) is 2.46. The second-order valence-electron chi connectivity index (χ2n) is 3.91. The van der Waals surface area contributed by atoms with Gasteiger partial charge in [0.25, 0.3) is 0 Å². The Balaban J connectivity index is 2.86. The maximum absolute atomic E-state index is 11.8. The van der Waals surface area contributed by atoms with E-state index in [1.807, 2.05) is 18.2 Å². The molecule has 0 saturated heterocycles. The molecule has 15 heavy (non-hydrogen) atoms. The molecule has 1 heterocycles. The molecule has 0 radical (unpaired) electrons. The van der Waals surface area contributed by atoms with Gasteiger partial charge < -0.3 is 4.98 Å². The Bertz CT molecular complexity index is 557. The maximum atomic E-state index is 11.8. The normalized spacial score (nSPS) is 11.2. The largest absolute Gasteiger partial charge is 0.357 e. The van der Waals surface area contributed by atoms with Gasteiger partial charge in [-0.15, -0.1) is 0 Å². The van der Waals surface area contributed by atoms with Crippen LogP contribution in [0.3, 0.4) is 0 Å². The van der Waals surface area contributed by atoms with Crippen LogP contribution in [0.4, 0.5) is 0 Å². The molecular formula is C12H12INO. The zero-order chi connectivity index (χ0) is 11.0. The minimum absolute atomic E-state index is 0.103. The van der Waals surface area contributed by atoms with Crippen molar-refractivity contribution in [1.82, 2.24) is 4.98 Å². The Morgan fingerprint density at radius 3 is 2.73 bits per heavy atom. The SMILES string of the molecule is CC(C)c1cc(=O)c2cccc(I)c2[nH]1. The van der Waals surface area contributed by atoms with Crippen molar-refractivity contribution in [2.75, 3.05) is 0 Å². The van der Waals surface area contributed by atoms with Crippen LogP contribution in [0.1, 0.15) is 25.5 Å². The number of hydrogen-bond acceptors (Lipinski definition) is 1. The van der Waals surface area contributed by atoms with Gasteiger partial charge in [0.1, 0.15) is 0 Å². The lowest BCUT2D eigenvalue weighted by molar-refractivity contribution is 0.828. The van der Waals surface area contributed by atoms with Crippen LogP contribution < -0.4 is 5.43 Å². The van der Waals surface area contributed by atoms with Gasteiger partial charge in [-0.3, -0.25) is 4.79 Å². The van der Waals surface area contributed by atoms with E-state index in [1.54, 1.807) is 6.07 Å². The van der Waals surface area contributed by atoms with Crippen molar-refractivity contribution in [3.05, 3.63) is 43.8 Å². The van der Waals surface area contributed by atoms with Crippen LogP contribution in [0.2, 0.25) is 0 Å². The van der Waals surface area contributed by atoms with E-state index in [0.717, 1.165) is 20.2 Å². The number of hydrogen-bond donors (Lipinski definition) is 1. The summed E-state index contributed by atoms with van der Waals surface area (Å²) in [5.74, 6) is 0.345. The van der Waals surface area contributed by atoms with Gasteiger partial charge in [0, 0.05) is 20.7 Å². The summed E-state index contributed by atoms with van der Waals surface area (Å²) >= 11 is 2.24. The Kier molecular flexibility index (Phi) is 2.82. The highest BCUT2D eigenvalue weighted by molar-refractivity contribution is 14.1. The minimum atomic E-state index is 0.103. The summed E-state index contributed by atoms with van der Waals surface area (Å²) < 4.78 is 1.09. The number of para-hydroxylation sites is 1. The van der Waals surface area contributed by atoms with Gasteiger partial charge in [-0.05, 0) is 40.6 Å². The number of nitrogens with one attached hydrogen (secondary N) is 1. The van der Waals surface area contributed by atoms with Gasteiger partial charge in [-0.1, -0.05) is 19.9 Å². The van der Waals surface area contributed by atoms with Crippen molar-refractivity contribution in [1.29, 1.82) is 0 Å². The predicted octanol–water partition coefficient (Wildman–Crippen LogP) is 3.26. The standard InChI is InChI=1S/C12H12INO/c1-7(2)10-6-11(15)8-4-3-5-9(13)12(8)14-10/h3-7H,1-2H3,(H,14,15). The number of pyridine rings is 1. The van der Waals surface area contributed by atoms with Gasteiger partial charge in [0.15, 0.2) is 5.43 Å². The predicted molar refractivity (Wildman–Crippen MR) is 71.4 cm³/mol. The van der Waals surface area contributed by atoms with E-state index in [1.165, 1.54) is 0 Å². The first kappa shape index (κ1) is 10.7. The summed E-state index contributed by atoms with van der Waals surface area (Å²) in [6.45, 7) is 4.15. The van der Waals surface area contributed by atoms with Gasteiger partial charge >= 0.3 is 0 Å². The molecule has 2 nitrogen and oxygen atoms in total. The Morgan fingerprint density at radius 1 is 1.33 bits per heavy atom. The molecule has 0 aliphatic carbocycles. The number of rotatable bonds is 1. The van der Waals surface area contributed by atoms with Gasteiger partial charge in [-0.2, -0.15) is 0 Å². The van der Waals surface area contributed by atoms with Crippen LogP contribution in [-0.2, 0) is 0 Å². The highest BCUT2D eigenvalue weighted by Crippen LogP contribution is 2.18. The summed E-state index contributed by atoms with van der Waals surface area (Å²) in [5.41, 5.74) is 2.05. The fourth-order valence-electron chi connectivity index (χ4n) is 1.57. The second kappa shape index (κ2) is 3.96. The quantitative estimate of drug-likeness (QED) is 0.806. The molecule has 0 amide bonds. The summed E-state index contributed by atoms with van der Waals surface area (Å²) in [6.07, 6.45) is 0. The van der Waals surface area contributed by atoms with E-state index in [-0.39, 0.29) is 5.43 Å². The van der Waals surface area contributed by atoms with Crippen LogP contribution >= 0.6 is 22.6 Å². The van der Waals surface area contributed by atoms with Crippen LogP contribution in [0.25, 0.3) is 10.9 Å². The molecule has 1 N–H and O–H groups in total. The molecule has 0 saturated carbocycles. The van der Waals surface area contributed by atoms with E-state index in [0.29, 0.717) is 5.92 Å². The van der Waals surface area contributed by atoms with E-state index in [9.17, 15) is 4.79 Å². The van der Waals surface area contributed by atoms with Crippen LogP contribution in [0.15, 0.2) is 29.1 Å². The Labute approximate surface area is 102 Å². The Morgan fingerprint density at radius 2 is 2.07 bits per heavy atom. The molecule has 0 fully saturated rings. The van der Waals surface area contributed by atoms with E-state index in [2.05, 4.69) is 41.4 Å². The molecule has 0 bridgehead atoms. The van der Waals surface area contributed by atoms with E-state index in [4.69, 9.17) is 0 Å². The lowest BCUT2D eigenvalue weighted by Gasteiger charge is -2.08. The van der Waals surface area contributed by atoms with E-state index >= 15 is 0 Å². The average molecular weight is 313 g/mol. The number of fused-ring (bicyclic) bond motifs is 1. The van der Waals surface area contributed by atoms with Crippen LogP contribution in [0.5, 0.6) is 0 Å². The average Bonchev–Trinajstić information content (AvgIpc) is 2.19. The molecule has 0 atom stereocenters. The maximum Gasteiger partial charge on any atom is 0.189 e. The van der Waals surface area contributed by atoms with Crippen molar-refractivity contribution in [2.45, 2.75) is 19.8 Å². The molecule has 0 aliphatic rings.